The van der Waals surface area contributed by atoms with Crippen molar-refractivity contribution in [1.82, 2.24) is 0 Å². The Bertz CT molecular complexity index is 1130. The molecule has 1 aromatic rings. The minimum Gasteiger partial charge on any atom is -0.468 e. The third kappa shape index (κ3) is 5.05. The van der Waals surface area contributed by atoms with Gasteiger partial charge in [-0.1, -0.05) is 12.1 Å². The molecule has 0 amide bonds. The molecule has 8 heteroatoms. The summed E-state index contributed by atoms with van der Waals surface area (Å²) in [7, 11) is 1.25. The number of methoxy groups -OCH3 is 1. The van der Waals surface area contributed by atoms with Crippen molar-refractivity contribution >= 4 is 29.6 Å². The molecule has 180 valence electrons. The van der Waals surface area contributed by atoms with Crippen LogP contribution < -0.4 is 0 Å². The lowest BCUT2D eigenvalue weighted by Crippen LogP contribution is -2.44. The van der Waals surface area contributed by atoms with Crippen LogP contribution in [0.1, 0.15) is 52.5 Å². The Kier molecular flexibility index (Phi) is 7.00. The third-order valence-corrected chi connectivity index (χ3v) is 5.73. The molecule has 0 fully saturated rings. The van der Waals surface area contributed by atoms with Crippen LogP contribution in [0.4, 0.5) is 4.39 Å². The Labute approximate surface area is 198 Å². The van der Waals surface area contributed by atoms with E-state index in [9.17, 15) is 18.8 Å². The Balaban J connectivity index is 2.14. The minimum absolute atomic E-state index is 0.179. The molecule has 2 aliphatic rings. The first kappa shape index (κ1) is 25.2. The van der Waals surface area contributed by atoms with Gasteiger partial charge >= 0.3 is 11.9 Å². The molecule has 0 saturated heterocycles. The zero-order valence-corrected chi connectivity index (χ0v) is 20.2. The van der Waals surface area contributed by atoms with Gasteiger partial charge in [0, 0.05) is 29.1 Å². The maximum atomic E-state index is 14.2. The topological polar surface area (TPSA) is 94.4 Å². The Morgan fingerprint density at radius 1 is 1.18 bits per heavy atom. The highest BCUT2D eigenvalue weighted by molar-refractivity contribution is 6.13. The van der Waals surface area contributed by atoms with Crippen molar-refractivity contribution in [3.63, 3.8) is 0 Å². The fourth-order valence-electron chi connectivity index (χ4n) is 4.40. The van der Waals surface area contributed by atoms with Gasteiger partial charge < -0.3 is 9.47 Å². The number of carbonyl (C=O) groups excluding carboxylic acids is 3. The summed E-state index contributed by atoms with van der Waals surface area (Å²) in [5.41, 5.74) is -0.872. The number of ether oxygens (including phenoxy) is 2. The number of esters is 2. The lowest BCUT2D eigenvalue weighted by Gasteiger charge is -2.35. The Morgan fingerprint density at radius 3 is 2.44 bits per heavy atom. The zero-order chi connectivity index (χ0) is 25.3. The van der Waals surface area contributed by atoms with Crippen molar-refractivity contribution in [1.29, 1.82) is 0 Å². The third-order valence-electron chi connectivity index (χ3n) is 5.73. The molecule has 3 unspecified atom stereocenters. The smallest absolute Gasteiger partial charge is 0.315 e. The molecule has 0 radical (unpaired) electrons. The molecule has 0 aromatic heterocycles. The average molecular weight is 469 g/mol. The normalized spacial score (nSPS) is 24.1. The van der Waals surface area contributed by atoms with Crippen molar-refractivity contribution in [2.75, 3.05) is 7.11 Å². The monoisotopic (exact) mass is 468 g/mol. The number of rotatable bonds is 6. The molecule has 3 atom stereocenters. The number of benzene rings is 1. The number of aliphatic imine (C=N–C) groups is 2. The lowest BCUT2D eigenvalue weighted by molar-refractivity contribution is -0.156. The van der Waals surface area contributed by atoms with Crippen LogP contribution in [0.25, 0.3) is 0 Å². The number of hydrogen-bond acceptors (Lipinski definition) is 7. The summed E-state index contributed by atoms with van der Waals surface area (Å²) >= 11 is 0. The SMILES string of the molecule is COC(=O)C1C(C)=NC(C)=C(C(=O)C2(CC(=O)OC(C)(C)C)C=CC=N2)C1c1cccc(F)c1. The molecule has 0 N–H and O–H groups in total. The summed E-state index contributed by atoms with van der Waals surface area (Å²) in [6, 6.07) is 5.74. The van der Waals surface area contributed by atoms with Gasteiger partial charge in [-0.05, 0) is 64.5 Å². The van der Waals surface area contributed by atoms with E-state index in [0.29, 0.717) is 17.0 Å². The van der Waals surface area contributed by atoms with Gasteiger partial charge in [0.1, 0.15) is 17.3 Å². The van der Waals surface area contributed by atoms with Gasteiger partial charge in [0.2, 0.25) is 0 Å². The molecule has 0 saturated carbocycles. The summed E-state index contributed by atoms with van der Waals surface area (Å²) in [6.07, 6.45) is 4.25. The maximum absolute atomic E-state index is 14.2. The van der Waals surface area contributed by atoms with Crippen molar-refractivity contribution in [3.8, 4) is 0 Å². The molecule has 0 aliphatic carbocycles. The quantitative estimate of drug-likeness (QED) is 0.585. The first-order valence-corrected chi connectivity index (χ1v) is 11.0. The molecule has 2 aliphatic heterocycles. The van der Waals surface area contributed by atoms with Gasteiger partial charge in [-0.2, -0.15) is 0 Å². The van der Waals surface area contributed by atoms with Crippen LogP contribution in [0.15, 0.2) is 57.7 Å². The maximum Gasteiger partial charge on any atom is 0.315 e. The summed E-state index contributed by atoms with van der Waals surface area (Å²) in [6.45, 7) is 8.53. The van der Waals surface area contributed by atoms with Crippen LogP contribution in [0.3, 0.4) is 0 Å². The number of carbonyl (C=O) groups is 3. The largest absolute Gasteiger partial charge is 0.468 e. The molecule has 2 heterocycles. The van der Waals surface area contributed by atoms with E-state index < -0.39 is 46.5 Å². The number of allylic oxidation sites excluding steroid dienone is 2. The number of Topliss-reactive ketones (excluding diaryl/α,β-unsaturated/α-hetero) is 1. The first-order valence-electron chi connectivity index (χ1n) is 11.0. The highest BCUT2D eigenvalue weighted by atomic mass is 19.1. The molecule has 7 nitrogen and oxygen atoms in total. The molecular weight excluding hydrogens is 439 g/mol. The van der Waals surface area contributed by atoms with Crippen LogP contribution in [-0.2, 0) is 23.9 Å². The number of hydrogen-bond donors (Lipinski definition) is 0. The van der Waals surface area contributed by atoms with Crippen LogP contribution in [0.5, 0.6) is 0 Å². The van der Waals surface area contributed by atoms with E-state index in [1.807, 2.05) is 0 Å². The number of ketones is 1. The van der Waals surface area contributed by atoms with Crippen molar-refractivity contribution in [3.05, 3.63) is 59.1 Å². The highest BCUT2D eigenvalue weighted by Gasteiger charge is 2.49. The van der Waals surface area contributed by atoms with E-state index in [0.717, 1.165) is 0 Å². The first-order chi connectivity index (χ1) is 15.9. The van der Waals surface area contributed by atoms with E-state index in [1.54, 1.807) is 52.8 Å². The second kappa shape index (κ2) is 9.44. The van der Waals surface area contributed by atoms with Crippen LogP contribution in [0.2, 0.25) is 0 Å². The predicted molar refractivity (Wildman–Crippen MR) is 126 cm³/mol. The van der Waals surface area contributed by atoms with E-state index in [-0.39, 0.29) is 12.0 Å². The molecule has 34 heavy (non-hydrogen) atoms. The van der Waals surface area contributed by atoms with Gasteiger partial charge in [0.15, 0.2) is 11.3 Å². The van der Waals surface area contributed by atoms with Crippen molar-refractivity contribution < 1.29 is 28.2 Å². The van der Waals surface area contributed by atoms with Crippen LogP contribution >= 0.6 is 0 Å². The molecule has 1 aromatic carbocycles. The number of nitrogens with zero attached hydrogens (tertiary/aromatic N) is 2. The van der Waals surface area contributed by atoms with Crippen LogP contribution in [-0.4, -0.2) is 47.9 Å². The van der Waals surface area contributed by atoms with Gasteiger partial charge in [-0.15, -0.1) is 0 Å². The van der Waals surface area contributed by atoms with Crippen molar-refractivity contribution in [2.24, 2.45) is 15.9 Å². The predicted octanol–water partition coefficient (Wildman–Crippen LogP) is 4.13. The number of halogens is 1. The van der Waals surface area contributed by atoms with E-state index in [1.165, 1.54) is 31.5 Å². The Hall–Kier alpha value is -3.42. The average Bonchev–Trinajstić information content (AvgIpc) is 3.20. The van der Waals surface area contributed by atoms with Gasteiger partial charge in [0.25, 0.3) is 0 Å². The highest BCUT2D eigenvalue weighted by Crippen LogP contribution is 2.43. The van der Waals surface area contributed by atoms with Gasteiger partial charge in [-0.3, -0.25) is 24.4 Å². The summed E-state index contributed by atoms with van der Waals surface area (Å²) in [4.78, 5) is 48.4. The molecule has 0 spiro atoms. The minimum atomic E-state index is -1.55. The van der Waals surface area contributed by atoms with Crippen LogP contribution in [0, 0.1) is 11.7 Å². The van der Waals surface area contributed by atoms with Crippen molar-refractivity contribution in [2.45, 2.75) is 58.1 Å². The lowest BCUT2D eigenvalue weighted by atomic mass is 9.71. The second-order valence-electron chi connectivity index (χ2n) is 9.44. The summed E-state index contributed by atoms with van der Waals surface area (Å²) in [5, 5.41) is 0. The standard InChI is InChI=1S/C26H29FN2O5/c1-15-20(23(31)26(11-8-12-28-26)14-19(30)34-25(3,4)5)22(17-9-7-10-18(27)13-17)21(16(2)29-15)24(32)33-6/h7-13,21-22H,14H2,1-6H3. The van der Waals surface area contributed by atoms with E-state index >= 15 is 0 Å². The van der Waals surface area contributed by atoms with E-state index in [2.05, 4.69) is 9.98 Å². The molecular formula is C26H29FN2O5. The Morgan fingerprint density at radius 2 is 1.88 bits per heavy atom. The van der Waals surface area contributed by atoms with Gasteiger partial charge in [0.05, 0.1) is 13.5 Å². The summed E-state index contributed by atoms with van der Waals surface area (Å²) < 4.78 is 24.7. The fourth-order valence-corrected chi connectivity index (χ4v) is 4.40. The zero-order valence-electron chi connectivity index (χ0n) is 20.2. The molecule has 3 rings (SSSR count). The van der Waals surface area contributed by atoms with Gasteiger partial charge in [-0.25, -0.2) is 4.39 Å². The fraction of sp³-hybridized carbons (Fsp3) is 0.423. The molecule has 0 bridgehead atoms. The van der Waals surface area contributed by atoms with E-state index in [4.69, 9.17) is 9.47 Å². The summed E-state index contributed by atoms with van der Waals surface area (Å²) in [5.74, 6) is -4.01. The second-order valence-corrected chi connectivity index (χ2v) is 9.44.